The summed E-state index contributed by atoms with van der Waals surface area (Å²) in [5.41, 5.74) is 6.58. The first kappa shape index (κ1) is 17.6. The van der Waals surface area contributed by atoms with Gasteiger partial charge in [-0.3, -0.25) is 0 Å². The number of nitrogens with two attached hydrogens (primary N) is 1. The van der Waals surface area contributed by atoms with Crippen LogP contribution in [0.5, 0.6) is 11.5 Å². The maximum Gasteiger partial charge on any atom is 0.145 e. The van der Waals surface area contributed by atoms with Crippen molar-refractivity contribution < 1.29 is 9.47 Å². The summed E-state index contributed by atoms with van der Waals surface area (Å²) >= 11 is 0. The molecule has 0 aromatic heterocycles. The van der Waals surface area contributed by atoms with E-state index in [-0.39, 0.29) is 0 Å². The predicted octanol–water partition coefficient (Wildman–Crippen LogP) is 3.56. The highest BCUT2D eigenvalue weighted by Gasteiger charge is 2.04. The van der Waals surface area contributed by atoms with Crippen LogP contribution in [0.2, 0.25) is 0 Å². The molecule has 0 spiro atoms. The fourth-order valence-electron chi connectivity index (χ4n) is 2.07. The third kappa shape index (κ3) is 6.71. The molecule has 1 aromatic rings. The molecule has 0 fully saturated rings. The van der Waals surface area contributed by atoms with Crippen LogP contribution in [0, 0.1) is 0 Å². The Labute approximate surface area is 129 Å². The van der Waals surface area contributed by atoms with Gasteiger partial charge in [-0.25, -0.2) is 0 Å². The third-order valence-corrected chi connectivity index (χ3v) is 3.52. The van der Waals surface area contributed by atoms with Crippen molar-refractivity contribution in [2.45, 2.75) is 40.0 Å². The number of rotatable bonds is 11. The monoisotopic (exact) mass is 294 g/mol. The average molecular weight is 294 g/mol. The molecule has 0 saturated heterocycles. The van der Waals surface area contributed by atoms with Gasteiger partial charge in [0.15, 0.2) is 0 Å². The summed E-state index contributed by atoms with van der Waals surface area (Å²) in [6.45, 7) is 11.2. The Morgan fingerprint density at radius 3 is 2.38 bits per heavy atom. The van der Waals surface area contributed by atoms with Crippen LogP contribution in [-0.4, -0.2) is 37.7 Å². The number of ether oxygens (including phenoxy) is 2. The second-order valence-electron chi connectivity index (χ2n) is 5.13. The van der Waals surface area contributed by atoms with Crippen LogP contribution in [0.3, 0.4) is 0 Å². The van der Waals surface area contributed by atoms with Gasteiger partial charge < -0.3 is 20.1 Å². The van der Waals surface area contributed by atoms with Crippen molar-refractivity contribution >= 4 is 5.69 Å². The second-order valence-corrected chi connectivity index (χ2v) is 5.13. The average Bonchev–Trinajstić information content (AvgIpc) is 2.50. The van der Waals surface area contributed by atoms with Gasteiger partial charge in [0.2, 0.25) is 0 Å². The molecule has 0 atom stereocenters. The molecule has 0 amide bonds. The van der Waals surface area contributed by atoms with E-state index in [1.54, 1.807) is 0 Å². The second kappa shape index (κ2) is 10.3. The lowest BCUT2D eigenvalue weighted by Gasteiger charge is -2.18. The van der Waals surface area contributed by atoms with Gasteiger partial charge in [0.05, 0.1) is 18.9 Å². The number of nitrogens with zero attached hydrogens (tertiary/aromatic N) is 1. The number of nitrogen functional groups attached to an aromatic ring is 1. The molecule has 0 aliphatic heterocycles. The van der Waals surface area contributed by atoms with Crippen LogP contribution in [0.25, 0.3) is 0 Å². The molecule has 1 aromatic carbocycles. The molecule has 0 radical (unpaired) electrons. The van der Waals surface area contributed by atoms with E-state index in [0.29, 0.717) is 12.3 Å². The van der Waals surface area contributed by atoms with Crippen molar-refractivity contribution in [3.8, 4) is 11.5 Å². The van der Waals surface area contributed by atoms with Gasteiger partial charge in [0.25, 0.3) is 0 Å². The van der Waals surface area contributed by atoms with Crippen molar-refractivity contribution in [2.24, 2.45) is 0 Å². The van der Waals surface area contributed by atoms with Crippen molar-refractivity contribution in [2.75, 3.05) is 38.6 Å². The highest BCUT2D eigenvalue weighted by Crippen LogP contribution is 2.27. The zero-order chi connectivity index (χ0) is 15.5. The molecule has 120 valence electrons. The number of hydrogen-bond donors (Lipinski definition) is 1. The maximum absolute atomic E-state index is 5.92. The first-order chi connectivity index (χ1) is 10.2. The van der Waals surface area contributed by atoms with E-state index in [2.05, 4.69) is 25.7 Å². The molecule has 0 heterocycles. The minimum absolute atomic E-state index is 0.668. The van der Waals surface area contributed by atoms with Crippen LogP contribution in [0.4, 0.5) is 5.69 Å². The van der Waals surface area contributed by atoms with Gasteiger partial charge in [0, 0.05) is 12.6 Å². The molecule has 0 saturated carbocycles. The predicted molar refractivity (Wildman–Crippen MR) is 89.2 cm³/mol. The van der Waals surface area contributed by atoms with Crippen LogP contribution in [-0.2, 0) is 0 Å². The highest BCUT2D eigenvalue weighted by molar-refractivity contribution is 5.55. The van der Waals surface area contributed by atoms with E-state index in [1.807, 2.05) is 18.2 Å². The Kier molecular flexibility index (Phi) is 8.67. The fraction of sp³-hybridized carbons (Fsp3) is 0.647. The van der Waals surface area contributed by atoms with Gasteiger partial charge in [-0.05, 0) is 38.1 Å². The normalized spacial score (nSPS) is 10.9. The molecule has 0 unspecified atom stereocenters. The van der Waals surface area contributed by atoms with Crippen molar-refractivity contribution in [3.63, 3.8) is 0 Å². The maximum atomic E-state index is 5.92. The smallest absolute Gasteiger partial charge is 0.145 e. The van der Waals surface area contributed by atoms with Crippen LogP contribution in [0.15, 0.2) is 18.2 Å². The summed E-state index contributed by atoms with van der Waals surface area (Å²) in [5.74, 6) is 1.56. The molecule has 4 nitrogen and oxygen atoms in total. The van der Waals surface area contributed by atoms with Crippen molar-refractivity contribution in [3.05, 3.63) is 18.2 Å². The topological polar surface area (TPSA) is 47.7 Å². The molecular weight excluding hydrogens is 264 g/mol. The lowest BCUT2D eigenvalue weighted by atomic mass is 10.2. The first-order valence-corrected chi connectivity index (χ1v) is 8.08. The minimum atomic E-state index is 0.668. The SMILES string of the molecule is CCCCOc1cc(OCCCN(CC)CC)ccc1N. The molecule has 0 bridgehead atoms. The molecular formula is C17H30N2O2. The summed E-state index contributed by atoms with van der Waals surface area (Å²) in [4.78, 5) is 2.39. The number of unbranched alkanes of at least 4 members (excludes halogenated alkanes) is 1. The van der Waals surface area contributed by atoms with Gasteiger partial charge in [0.1, 0.15) is 11.5 Å². The van der Waals surface area contributed by atoms with Crippen molar-refractivity contribution in [1.29, 1.82) is 0 Å². The van der Waals surface area contributed by atoms with E-state index in [4.69, 9.17) is 15.2 Å². The summed E-state index contributed by atoms with van der Waals surface area (Å²) in [7, 11) is 0. The number of benzene rings is 1. The Hall–Kier alpha value is -1.42. The fourth-order valence-corrected chi connectivity index (χ4v) is 2.07. The molecule has 0 aliphatic carbocycles. The van der Waals surface area contributed by atoms with Crippen LogP contribution >= 0.6 is 0 Å². The van der Waals surface area contributed by atoms with Crippen LogP contribution < -0.4 is 15.2 Å². The Morgan fingerprint density at radius 1 is 1.00 bits per heavy atom. The first-order valence-electron chi connectivity index (χ1n) is 8.08. The Morgan fingerprint density at radius 2 is 1.71 bits per heavy atom. The number of anilines is 1. The summed E-state index contributed by atoms with van der Waals surface area (Å²) < 4.78 is 11.5. The van der Waals surface area contributed by atoms with Gasteiger partial charge in [-0.1, -0.05) is 27.2 Å². The Balaban J connectivity index is 2.39. The summed E-state index contributed by atoms with van der Waals surface area (Å²) in [6, 6.07) is 5.64. The molecule has 1 rings (SSSR count). The molecule has 4 heteroatoms. The quantitative estimate of drug-likeness (QED) is 0.501. The summed E-state index contributed by atoms with van der Waals surface area (Å²) in [5, 5.41) is 0. The van der Waals surface area contributed by atoms with E-state index in [1.165, 1.54) is 0 Å². The minimum Gasteiger partial charge on any atom is -0.493 e. The lowest BCUT2D eigenvalue weighted by molar-refractivity contribution is 0.248. The van der Waals surface area contributed by atoms with Gasteiger partial charge >= 0.3 is 0 Å². The summed E-state index contributed by atoms with van der Waals surface area (Å²) in [6.07, 6.45) is 3.17. The number of hydrogen-bond acceptors (Lipinski definition) is 4. The molecule has 0 aliphatic rings. The molecule has 21 heavy (non-hydrogen) atoms. The highest BCUT2D eigenvalue weighted by atomic mass is 16.5. The zero-order valence-electron chi connectivity index (χ0n) is 13.7. The largest absolute Gasteiger partial charge is 0.493 e. The van der Waals surface area contributed by atoms with Crippen molar-refractivity contribution in [1.82, 2.24) is 4.90 Å². The van der Waals surface area contributed by atoms with E-state index in [0.717, 1.165) is 57.0 Å². The van der Waals surface area contributed by atoms with E-state index < -0.39 is 0 Å². The van der Waals surface area contributed by atoms with Crippen LogP contribution in [0.1, 0.15) is 40.0 Å². The Bertz CT molecular complexity index is 392. The third-order valence-electron chi connectivity index (χ3n) is 3.52. The van der Waals surface area contributed by atoms with E-state index >= 15 is 0 Å². The zero-order valence-corrected chi connectivity index (χ0v) is 13.7. The van der Waals surface area contributed by atoms with E-state index in [9.17, 15) is 0 Å². The molecule has 2 N–H and O–H groups in total. The standard InChI is InChI=1S/C17H30N2O2/c1-4-7-12-21-17-14-15(9-10-16(17)18)20-13-8-11-19(5-2)6-3/h9-10,14H,4-8,11-13,18H2,1-3H3. The van der Waals surface area contributed by atoms with Gasteiger partial charge in [-0.15, -0.1) is 0 Å². The van der Waals surface area contributed by atoms with Gasteiger partial charge in [-0.2, -0.15) is 0 Å². The lowest BCUT2D eigenvalue weighted by Crippen LogP contribution is -2.25.